The standard InChI is InChI=1S/C15H31NO/c1-11(2)14-7-6-12(3)10-15(14,16)13(4)8-9-17-5/h11-14H,6-10,16H2,1-5H3. The molecule has 17 heavy (non-hydrogen) atoms. The van der Waals surface area contributed by atoms with Crippen molar-refractivity contribution in [1.29, 1.82) is 0 Å². The molecule has 1 rings (SSSR count). The van der Waals surface area contributed by atoms with Gasteiger partial charge in [0, 0.05) is 19.3 Å². The summed E-state index contributed by atoms with van der Waals surface area (Å²) >= 11 is 0. The first-order valence-electron chi connectivity index (χ1n) is 7.19. The molecule has 0 heterocycles. The van der Waals surface area contributed by atoms with Crippen molar-refractivity contribution in [1.82, 2.24) is 0 Å². The highest BCUT2D eigenvalue weighted by Gasteiger charge is 2.44. The van der Waals surface area contributed by atoms with Crippen LogP contribution in [0.15, 0.2) is 0 Å². The van der Waals surface area contributed by atoms with Crippen LogP contribution in [0, 0.1) is 23.7 Å². The van der Waals surface area contributed by atoms with Crippen LogP contribution in [0.4, 0.5) is 0 Å². The molecule has 1 fully saturated rings. The molecule has 102 valence electrons. The van der Waals surface area contributed by atoms with Gasteiger partial charge in [-0.25, -0.2) is 0 Å². The lowest BCUT2D eigenvalue weighted by Crippen LogP contribution is -2.57. The molecule has 4 unspecified atom stereocenters. The Morgan fingerprint density at radius 3 is 2.47 bits per heavy atom. The molecule has 2 nitrogen and oxygen atoms in total. The van der Waals surface area contributed by atoms with Crippen LogP contribution in [-0.2, 0) is 4.74 Å². The van der Waals surface area contributed by atoms with Crippen LogP contribution < -0.4 is 5.73 Å². The van der Waals surface area contributed by atoms with Gasteiger partial charge in [0.05, 0.1) is 0 Å². The topological polar surface area (TPSA) is 35.2 Å². The van der Waals surface area contributed by atoms with Crippen molar-refractivity contribution < 1.29 is 4.74 Å². The quantitative estimate of drug-likeness (QED) is 0.800. The Labute approximate surface area is 107 Å². The fourth-order valence-corrected chi connectivity index (χ4v) is 3.67. The van der Waals surface area contributed by atoms with E-state index in [1.807, 2.05) is 0 Å². The molecule has 1 saturated carbocycles. The summed E-state index contributed by atoms with van der Waals surface area (Å²) < 4.78 is 5.22. The van der Waals surface area contributed by atoms with Gasteiger partial charge < -0.3 is 10.5 Å². The number of nitrogens with two attached hydrogens (primary N) is 1. The monoisotopic (exact) mass is 241 g/mol. The minimum absolute atomic E-state index is 0.0182. The Morgan fingerprint density at radius 2 is 1.94 bits per heavy atom. The fraction of sp³-hybridized carbons (Fsp3) is 1.00. The highest BCUT2D eigenvalue weighted by molar-refractivity contribution is 5.00. The van der Waals surface area contributed by atoms with Crippen LogP contribution in [-0.4, -0.2) is 19.3 Å². The van der Waals surface area contributed by atoms with Crippen molar-refractivity contribution in [3.05, 3.63) is 0 Å². The van der Waals surface area contributed by atoms with Crippen LogP contribution in [0.25, 0.3) is 0 Å². The molecule has 1 aliphatic carbocycles. The normalized spacial score (nSPS) is 36.2. The van der Waals surface area contributed by atoms with E-state index < -0.39 is 0 Å². The summed E-state index contributed by atoms with van der Waals surface area (Å²) in [5.41, 5.74) is 6.84. The first-order valence-corrected chi connectivity index (χ1v) is 7.19. The Morgan fingerprint density at radius 1 is 1.29 bits per heavy atom. The van der Waals surface area contributed by atoms with Crippen molar-refractivity contribution in [2.75, 3.05) is 13.7 Å². The molecule has 2 heteroatoms. The third kappa shape index (κ3) is 3.45. The van der Waals surface area contributed by atoms with Crippen molar-refractivity contribution in [2.24, 2.45) is 29.4 Å². The zero-order chi connectivity index (χ0) is 13.1. The highest BCUT2D eigenvalue weighted by atomic mass is 16.5. The molecule has 4 atom stereocenters. The van der Waals surface area contributed by atoms with Gasteiger partial charge in [-0.3, -0.25) is 0 Å². The van der Waals surface area contributed by atoms with E-state index >= 15 is 0 Å². The van der Waals surface area contributed by atoms with Crippen LogP contribution in [0.3, 0.4) is 0 Å². The van der Waals surface area contributed by atoms with E-state index in [-0.39, 0.29) is 5.54 Å². The molecular weight excluding hydrogens is 210 g/mol. The second kappa shape index (κ2) is 6.19. The summed E-state index contributed by atoms with van der Waals surface area (Å²) in [5.74, 6) is 2.70. The Kier molecular flexibility index (Phi) is 5.46. The summed E-state index contributed by atoms with van der Waals surface area (Å²) in [6, 6.07) is 0. The van der Waals surface area contributed by atoms with Gasteiger partial charge >= 0.3 is 0 Å². The number of hydrogen-bond donors (Lipinski definition) is 1. The van der Waals surface area contributed by atoms with E-state index in [0.29, 0.717) is 17.8 Å². The average molecular weight is 241 g/mol. The van der Waals surface area contributed by atoms with Crippen molar-refractivity contribution in [3.8, 4) is 0 Å². The molecule has 0 bridgehead atoms. The first kappa shape index (κ1) is 15.0. The van der Waals surface area contributed by atoms with Gasteiger partial charge in [0.1, 0.15) is 0 Å². The summed E-state index contributed by atoms with van der Waals surface area (Å²) in [6.07, 6.45) is 4.91. The van der Waals surface area contributed by atoms with Crippen LogP contribution in [0.2, 0.25) is 0 Å². The minimum atomic E-state index is 0.0182. The predicted octanol–water partition coefficient (Wildman–Crippen LogP) is 3.45. The molecule has 0 radical (unpaired) electrons. The van der Waals surface area contributed by atoms with Gasteiger partial charge in [-0.2, -0.15) is 0 Å². The predicted molar refractivity (Wildman–Crippen MR) is 73.9 cm³/mol. The van der Waals surface area contributed by atoms with Gasteiger partial charge in [0.2, 0.25) is 0 Å². The summed E-state index contributed by atoms with van der Waals surface area (Å²) in [4.78, 5) is 0. The van der Waals surface area contributed by atoms with Gasteiger partial charge in [0.25, 0.3) is 0 Å². The third-order valence-corrected chi connectivity index (χ3v) is 4.84. The lowest BCUT2D eigenvalue weighted by atomic mass is 9.60. The largest absolute Gasteiger partial charge is 0.385 e. The molecule has 0 amide bonds. The minimum Gasteiger partial charge on any atom is -0.385 e. The second-order valence-corrected chi connectivity index (χ2v) is 6.53. The molecule has 0 spiro atoms. The zero-order valence-corrected chi connectivity index (χ0v) is 12.3. The molecule has 0 aromatic rings. The molecule has 0 saturated heterocycles. The lowest BCUT2D eigenvalue weighted by molar-refractivity contribution is 0.0479. The number of rotatable bonds is 5. The zero-order valence-electron chi connectivity index (χ0n) is 12.3. The lowest BCUT2D eigenvalue weighted by Gasteiger charge is -2.49. The van der Waals surface area contributed by atoms with E-state index in [9.17, 15) is 0 Å². The Hall–Kier alpha value is -0.0800. The third-order valence-electron chi connectivity index (χ3n) is 4.84. The van der Waals surface area contributed by atoms with Crippen molar-refractivity contribution in [2.45, 2.75) is 58.9 Å². The maximum atomic E-state index is 6.82. The Bertz CT molecular complexity index is 229. The summed E-state index contributed by atoms with van der Waals surface area (Å²) in [6.45, 7) is 10.1. The molecule has 0 aromatic heterocycles. The van der Waals surface area contributed by atoms with Crippen LogP contribution in [0.1, 0.15) is 53.4 Å². The maximum Gasteiger partial charge on any atom is 0.0465 e. The SMILES string of the molecule is COCCC(C)C1(N)CC(C)CCC1C(C)C. The number of hydrogen-bond acceptors (Lipinski definition) is 2. The van der Waals surface area contributed by atoms with Gasteiger partial charge in [-0.05, 0) is 42.9 Å². The highest BCUT2D eigenvalue weighted by Crippen LogP contribution is 2.44. The van der Waals surface area contributed by atoms with E-state index in [2.05, 4.69) is 27.7 Å². The molecular formula is C15H31NO. The maximum absolute atomic E-state index is 6.82. The van der Waals surface area contributed by atoms with Crippen molar-refractivity contribution in [3.63, 3.8) is 0 Å². The average Bonchev–Trinajstić information content (AvgIpc) is 2.25. The first-order chi connectivity index (χ1) is 7.91. The number of ether oxygens (including phenoxy) is 1. The van der Waals surface area contributed by atoms with E-state index in [1.54, 1.807) is 7.11 Å². The van der Waals surface area contributed by atoms with Crippen LogP contribution in [0.5, 0.6) is 0 Å². The van der Waals surface area contributed by atoms with Gasteiger partial charge in [0.15, 0.2) is 0 Å². The number of methoxy groups -OCH3 is 1. The molecule has 1 aliphatic rings. The molecule has 0 aliphatic heterocycles. The molecule has 0 aromatic carbocycles. The van der Waals surface area contributed by atoms with Crippen LogP contribution >= 0.6 is 0 Å². The van der Waals surface area contributed by atoms with Gasteiger partial charge in [-0.15, -0.1) is 0 Å². The fourth-order valence-electron chi connectivity index (χ4n) is 3.67. The smallest absolute Gasteiger partial charge is 0.0465 e. The van der Waals surface area contributed by atoms with E-state index in [0.717, 1.165) is 18.9 Å². The Balaban J connectivity index is 2.77. The summed E-state index contributed by atoms with van der Waals surface area (Å²) in [7, 11) is 1.78. The second-order valence-electron chi connectivity index (χ2n) is 6.53. The van der Waals surface area contributed by atoms with E-state index in [1.165, 1.54) is 19.3 Å². The molecule has 2 N–H and O–H groups in total. The summed E-state index contributed by atoms with van der Waals surface area (Å²) in [5, 5.41) is 0. The van der Waals surface area contributed by atoms with Gasteiger partial charge in [-0.1, -0.05) is 34.1 Å². The van der Waals surface area contributed by atoms with E-state index in [4.69, 9.17) is 10.5 Å². The van der Waals surface area contributed by atoms with Crippen molar-refractivity contribution >= 4 is 0 Å².